The lowest BCUT2D eigenvalue weighted by Gasteiger charge is -2.07. The first-order valence-electron chi connectivity index (χ1n) is 6.20. The first kappa shape index (κ1) is 12.5. The van der Waals surface area contributed by atoms with Gasteiger partial charge in [-0.15, -0.1) is 0 Å². The van der Waals surface area contributed by atoms with E-state index in [4.69, 9.17) is 0 Å². The van der Waals surface area contributed by atoms with Crippen LogP contribution in [0.4, 0.5) is 0 Å². The fourth-order valence-corrected chi connectivity index (χ4v) is 2.61. The zero-order chi connectivity index (χ0) is 13.2. The Bertz CT molecular complexity index is 700. The summed E-state index contributed by atoms with van der Waals surface area (Å²) in [5.74, 6) is 0. The summed E-state index contributed by atoms with van der Waals surface area (Å²) in [5.41, 5.74) is 3.40. The van der Waals surface area contributed by atoms with Gasteiger partial charge in [-0.05, 0) is 35.4 Å². The third-order valence-electron chi connectivity index (χ3n) is 3.34. The summed E-state index contributed by atoms with van der Waals surface area (Å²) in [4.78, 5) is 0. The van der Waals surface area contributed by atoms with Crippen LogP contribution < -0.4 is 0 Å². The van der Waals surface area contributed by atoms with Crippen LogP contribution in [0, 0.1) is 0 Å². The molecule has 0 saturated carbocycles. The molecule has 0 atom stereocenters. The SMILES string of the molecule is OCc1cccc2c1ccn2Cc1ccc(Br)cc1. The summed E-state index contributed by atoms with van der Waals surface area (Å²) in [6.07, 6.45) is 2.08. The summed E-state index contributed by atoms with van der Waals surface area (Å²) in [7, 11) is 0. The van der Waals surface area contributed by atoms with E-state index in [0.717, 1.165) is 27.5 Å². The standard InChI is InChI=1S/C16H14BrNO/c17-14-6-4-12(5-7-14)10-18-9-8-15-13(11-19)2-1-3-16(15)18/h1-9,19H,10-11H2. The normalized spacial score (nSPS) is 11.1. The predicted octanol–water partition coefficient (Wildman–Crippen LogP) is 3.94. The van der Waals surface area contributed by atoms with Gasteiger partial charge in [0.05, 0.1) is 6.61 Å². The number of fused-ring (bicyclic) bond motifs is 1. The monoisotopic (exact) mass is 315 g/mol. The van der Waals surface area contributed by atoms with Crippen molar-refractivity contribution in [1.29, 1.82) is 0 Å². The van der Waals surface area contributed by atoms with E-state index in [9.17, 15) is 5.11 Å². The second-order valence-corrected chi connectivity index (χ2v) is 5.49. The maximum atomic E-state index is 9.35. The molecule has 3 aromatic rings. The molecule has 0 spiro atoms. The van der Waals surface area contributed by atoms with Gasteiger partial charge in [0.1, 0.15) is 0 Å². The van der Waals surface area contributed by atoms with Crippen molar-refractivity contribution in [3.05, 3.63) is 70.3 Å². The van der Waals surface area contributed by atoms with Crippen LogP contribution in [0.2, 0.25) is 0 Å². The van der Waals surface area contributed by atoms with Crippen molar-refractivity contribution < 1.29 is 5.11 Å². The van der Waals surface area contributed by atoms with Gasteiger partial charge in [0.15, 0.2) is 0 Å². The number of nitrogens with zero attached hydrogens (tertiary/aromatic N) is 1. The Kier molecular flexibility index (Phi) is 3.40. The molecule has 0 saturated heterocycles. The van der Waals surface area contributed by atoms with Crippen LogP contribution in [-0.4, -0.2) is 9.67 Å². The number of halogens is 1. The second kappa shape index (κ2) is 5.19. The van der Waals surface area contributed by atoms with Gasteiger partial charge in [-0.3, -0.25) is 0 Å². The lowest BCUT2D eigenvalue weighted by molar-refractivity contribution is 0.283. The largest absolute Gasteiger partial charge is 0.392 e. The molecule has 3 rings (SSSR count). The fourth-order valence-electron chi connectivity index (χ4n) is 2.35. The summed E-state index contributed by atoms with van der Waals surface area (Å²) in [6, 6.07) is 16.5. The predicted molar refractivity (Wildman–Crippen MR) is 81.1 cm³/mol. The molecule has 0 amide bonds. The minimum absolute atomic E-state index is 0.0830. The Balaban J connectivity index is 1.99. The smallest absolute Gasteiger partial charge is 0.0688 e. The van der Waals surface area contributed by atoms with Crippen molar-refractivity contribution in [1.82, 2.24) is 4.57 Å². The number of rotatable bonds is 3. The Labute approximate surface area is 120 Å². The number of hydrogen-bond acceptors (Lipinski definition) is 1. The number of aliphatic hydroxyl groups is 1. The van der Waals surface area contributed by atoms with Crippen LogP contribution in [-0.2, 0) is 13.2 Å². The maximum Gasteiger partial charge on any atom is 0.0688 e. The quantitative estimate of drug-likeness (QED) is 0.778. The van der Waals surface area contributed by atoms with Crippen molar-refractivity contribution in [2.24, 2.45) is 0 Å². The van der Waals surface area contributed by atoms with Gasteiger partial charge in [-0.1, -0.05) is 40.2 Å². The van der Waals surface area contributed by atoms with Crippen LogP contribution in [0.5, 0.6) is 0 Å². The van der Waals surface area contributed by atoms with Crippen LogP contribution in [0.1, 0.15) is 11.1 Å². The van der Waals surface area contributed by atoms with E-state index >= 15 is 0 Å². The topological polar surface area (TPSA) is 25.2 Å². The van der Waals surface area contributed by atoms with E-state index in [-0.39, 0.29) is 6.61 Å². The molecule has 1 heterocycles. The van der Waals surface area contributed by atoms with Crippen LogP contribution in [0.3, 0.4) is 0 Å². The third-order valence-corrected chi connectivity index (χ3v) is 3.87. The molecule has 3 heteroatoms. The molecule has 0 aliphatic carbocycles. The number of hydrogen-bond donors (Lipinski definition) is 1. The van der Waals surface area contributed by atoms with Gasteiger partial charge in [0.25, 0.3) is 0 Å². The van der Waals surface area contributed by atoms with Crippen molar-refractivity contribution >= 4 is 26.8 Å². The van der Waals surface area contributed by atoms with Crippen LogP contribution in [0.25, 0.3) is 10.9 Å². The Morgan fingerprint density at radius 3 is 2.53 bits per heavy atom. The highest BCUT2D eigenvalue weighted by Gasteiger charge is 2.05. The molecule has 96 valence electrons. The summed E-state index contributed by atoms with van der Waals surface area (Å²) in [6.45, 7) is 0.922. The van der Waals surface area contributed by atoms with E-state index in [1.807, 2.05) is 12.1 Å². The van der Waals surface area contributed by atoms with E-state index in [1.165, 1.54) is 5.56 Å². The summed E-state index contributed by atoms with van der Waals surface area (Å²) >= 11 is 3.45. The van der Waals surface area contributed by atoms with E-state index < -0.39 is 0 Å². The van der Waals surface area contributed by atoms with Crippen molar-refractivity contribution in [2.45, 2.75) is 13.2 Å². The molecular formula is C16H14BrNO. The first-order valence-corrected chi connectivity index (χ1v) is 6.99. The molecule has 1 N–H and O–H groups in total. The lowest BCUT2D eigenvalue weighted by Crippen LogP contribution is -1.97. The van der Waals surface area contributed by atoms with Crippen molar-refractivity contribution in [2.75, 3.05) is 0 Å². The number of aromatic nitrogens is 1. The van der Waals surface area contributed by atoms with Crippen molar-refractivity contribution in [3.63, 3.8) is 0 Å². The van der Waals surface area contributed by atoms with Gasteiger partial charge in [0.2, 0.25) is 0 Å². The van der Waals surface area contributed by atoms with Gasteiger partial charge >= 0.3 is 0 Å². The Morgan fingerprint density at radius 1 is 1.00 bits per heavy atom. The molecule has 0 radical (unpaired) electrons. The van der Waals surface area contributed by atoms with Gasteiger partial charge < -0.3 is 9.67 Å². The van der Waals surface area contributed by atoms with Gasteiger partial charge in [-0.25, -0.2) is 0 Å². The molecule has 0 aliphatic rings. The molecule has 2 nitrogen and oxygen atoms in total. The van der Waals surface area contributed by atoms with E-state index in [1.54, 1.807) is 0 Å². The zero-order valence-electron chi connectivity index (χ0n) is 10.4. The lowest BCUT2D eigenvalue weighted by atomic mass is 10.1. The Hall–Kier alpha value is -1.58. The molecule has 0 fully saturated rings. The molecular weight excluding hydrogens is 302 g/mol. The highest BCUT2D eigenvalue weighted by atomic mass is 79.9. The molecule has 0 bridgehead atoms. The summed E-state index contributed by atoms with van der Waals surface area (Å²) in [5, 5.41) is 10.5. The highest BCUT2D eigenvalue weighted by Crippen LogP contribution is 2.21. The molecule has 1 aromatic heterocycles. The second-order valence-electron chi connectivity index (χ2n) is 4.58. The van der Waals surface area contributed by atoms with Crippen LogP contribution >= 0.6 is 15.9 Å². The minimum Gasteiger partial charge on any atom is -0.392 e. The highest BCUT2D eigenvalue weighted by molar-refractivity contribution is 9.10. The number of aliphatic hydroxyl groups excluding tert-OH is 1. The molecule has 0 unspecified atom stereocenters. The van der Waals surface area contributed by atoms with Crippen LogP contribution in [0.15, 0.2) is 59.2 Å². The average Bonchev–Trinajstić information content (AvgIpc) is 2.84. The first-order chi connectivity index (χ1) is 9.28. The molecule has 2 aromatic carbocycles. The third kappa shape index (κ3) is 2.44. The fraction of sp³-hybridized carbons (Fsp3) is 0.125. The molecule has 0 aliphatic heterocycles. The van der Waals surface area contributed by atoms with E-state index in [2.05, 4.69) is 63.1 Å². The zero-order valence-corrected chi connectivity index (χ0v) is 12.0. The number of benzene rings is 2. The van der Waals surface area contributed by atoms with E-state index in [0.29, 0.717) is 0 Å². The average molecular weight is 316 g/mol. The molecule has 19 heavy (non-hydrogen) atoms. The minimum atomic E-state index is 0.0830. The summed E-state index contributed by atoms with van der Waals surface area (Å²) < 4.78 is 3.30. The van der Waals surface area contributed by atoms with Gasteiger partial charge in [-0.2, -0.15) is 0 Å². The van der Waals surface area contributed by atoms with Crippen molar-refractivity contribution in [3.8, 4) is 0 Å². The maximum absolute atomic E-state index is 9.35. The Morgan fingerprint density at radius 2 is 1.79 bits per heavy atom. The van der Waals surface area contributed by atoms with Gasteiger partial charge in [0, 0.05) is 28.1 Å².